The normalized spacial score (nSPS) is 15.3. The van der Waals surface area contributed by atoms with Crippen LogP contribution in [-0.4, -0.2) is 46.8 Å². The molecule has 0 atom stereocenters. The molecule has 0 unspecified atom stereocenters. The van der Waals surface area contributed by atoms with Crippen LogP contribution in [0.3, 0.4) is 0 Å². The van der Waals surface area contributed by atoms with E-state index in [-0.39, 0.29) is 11.7 Å². The minimum absolute atomic E-state index is 0.0330. The minimum Gasteiger partial charge on any atom is -0.368 e. The lowest BCUT2D eigenvalue weighted by Gasteiger charge is -2.35. The van der Waals surface area contributed by atoms with Crippen LogP contribution in [0.4, 0.5) is 10.1 Å². The Bertz CT molecular complexity index is 629. The fraction of sp³-hybridized carbons (Fsp3) is 0.333. The van der Waals surface area contributed by atoms with Crippen molar-refractivity contribution in [3.8, 4) is 0 Å². The zero-order valence-electron chi connectivity index (χ0n) is 11.9. The van der Waals surface area contributed by atoms with Crippen LogP contribution in [0.1, 0.15) is 10.5 Å². The van der Waals surface area contributed by atoms with E-state index < -0.39 is 0 Å². The van der Waals surface area contributed by atoms with Gasteiger partial charge < -0.3 is 9.80 Å². The van der Waals surface area contributed by atoms with Crippen molar-refractivity contribution in [3.63, 3.8) is 0 Å². The highest BCUT2D eigenvalue weighted by Gasteiger charge is 2.23. The number of nitrogens with zero attached hydrogens (tertiary/aromatic N) is 4. The van der Waals surface area contributed by atoms with E-state index in [1.54, 1.807) is 36.1 Å². The Hall–Kier alpha value is -2.37. The molecule has 6 heteroatoms. The summed E-state index contributed by atoms with van der Waals surface area (Å²) in [4.78, 5) is 16.2. The van der Waals surface area contributed by atoms with Crippen LogP contribution in [0.25, 0.3) is 0 Å². The molecule has 3 rings (SSSR count). The Morgan fingerprint density at radius 2 is 1.76 bits per heavy atom. The average Bonchev–Trinajstić information content (AvgIpc) is 2.94. The van der Waals surface area contributed by atoms with Crippen LogP contribution in [0, 0.1) is 5.82 Å². The van der Waals surface area contributed by atoms with Gasteiger partial charge in [0.25, 0.3) is 5.91 Å². The molecule has 1 aromatic carbocycles. The maximum absolute atomic E-state index is 12.9. The largest absolute Gasteiger partial charge is 0.368 e. The zero-order valence-corrected chi connectivity index (χ0v) is 11.9. The van der Waals surface area contributed by atoms with Gasteiger partial charge in [0.15, 0.2) is 0 Å². The summed E-state index contributed by atoms with van der Waals surface area (Å²) in [6, 6.07) is 8.19. The number of halogens is 1. The van der Waals surface area contributed by atoms with Crippen LogP contribution < -0.4 is 4.90 Å². The summed E-state index contributed by atoms with van der Waals surface area (Å²) in [7, 11) is 1.79. The van der Waals surface area contributed by atoms with Gasteiger partial charge in [0.1, 0.15) is 11.5 Å². The molecule has 1 aliphatic rings. The third-order valence-corrected chi connectivity index (χ3v) is 3.69. The highest BCUT2D eigenvalue weighted by molar-refractivity contribution is 5.92. The number of anilines is 1. The zero-order chi connectivity index (χ0) is 14.8. The predicted octanol–water partition coefficient (Wildman–Crippen LogP) is 1.52. The lowest BCUT2D eigenvalue weighted by atomic mass is 10.2. The maximum Gasteiger partial charge on any atom is 0.274 e. The molecule has 0 N–H and O–H groups in total. The fourth-order valence-corrected chi connectivity index (χ4v) is 2.51. The van der Waals surface area contributed by atoms with Crippen molar-refractivity contribution >= 4 is 11.6 Å². The molecule has 0 aliphatic carbocycles. The summed E-state index contributed by atoms with van der Waals surface area (Å²) in [5.41, 5.74) is 1.47. The second kappa shape index (κ2) is 5.55. The van der Waals surface area contributed by atoms with E-state index in [0.717, 1.165) is 18.8 Å². The van der Waals surface area contributed by atoms with E-state index in [4.69, 9.17) is 0 Å². The van der Waals surface area contributed by atoms with Crippen molar-refractivity contribution in [2.24, 2.45) is 7.05 Å². The summed E-state index contributed by atoms with van der Waals surface area (Å²) in [5.74, 6) is -0.267. The average molecular weight is 288 g/mol. The number of carbonyl (C=O) groups is 1. The SMILES string of the molecule is Cn1ccc(C(=O)N2CCN(c3ccc(F)cc3)CC2)n1. The van der Waals surface area contributed by atoms with Crippen molar-refractivity contribution in [1.29, 1.82) is 0 Å². The molecule has 2 heterocycles. The van der Waals surface area contributed by atoms with Crippen LogP contribution >= 0.6 is 0 Å². The molecule has 5 nitrogen and oxygen atoms in total. The molecule has 0 spiro atoms. The molecular weight excluding hydrogens is 271 g/mol. The van der Waals surface area contributed by atoms with Gasteiger partial charge in [0, 0.05) is 45.1 Å². The van der Waals surface area contributed by atoms with E-state index in [0.29, 0.717) is 18.8 Å². The number of carbonyl (C=O) groups excluding carboxylic acids is 1. The molecular formula is C15H17FN4O. The van der Waals surface area contributed by atoms with Crippen molar-refractivity contribution in [1.82, 2.24) is 14.7 Å². The number of benzene rings is 1. The standard InChI is InChI=1S/C15H17FN4O/c1-18-7-6-14(17-18)15(21)20-10-8-19(9-11-20)13-4-2-12(16)3-5-13/h2-7H,8-11H2,1H3. The Balaban J connectivity index is 1.62. The molecule has 21 heavy (non-hydrogen) atoms. The molecule has 1 aromatic heterocycles. The van der Waals surface area contributed by atoms with Gasteiger partial charge in [-0.25, -0.2) is 4.39 Å². The van der Waals surface area contributed by atoms with Crippen LogP contribution in [0.2, 0.25) is 0 Å². The first-order chi connectivity index (χ1) is 10.1. The lowest BCUT2D eigenvalue weighted by Crippen LogP contribution is -2.48. The molecule has 1 saturated heterocycles. The maximum atomic E-state index is 12.9. The second-order valence-corrected chi connectivity index (χ2v) is 5.13. The quantitative estimate of drug-likeness (QED) is 0.841. The van der Waals surface area contributed by atoms with Crippen LogP contribution in [0.15, 0.2) is 36.5 Å². The van der Waals surface area contributed by atoms with Gasteiger partial charge >= 0.3 is 0 Å². The second-order valence-electron chi connectivity index (χ2n) is 5.13. The molecule has 0 bridgehead atoms. The van der Waals surface area contributed by atoms with E-state index >= 15 is 0 Å². The van der Waals surface area contributed by atoms with E-state index in [9.17, 15) is 9.18 Å². The summed E-state index contributed by atoms with van der Waals surface area (Å²) >= 11 is 0. The molecule has 0 saturated carbocycles. The minimum atomic E-state index is -0.234. The summed E-state index contributed by atoms with van der Waals surface area (Å²) < 4.78 is 14.6. The highest BCUT2D eigenvalue weighted by Crippen LogP contribution is 2.17. The van der Waals surface area contributed by atoms with Gasteiger partial charge in [-0.05, 0) is 30.3 Å². The Morgan fingerprint density at radius 1 is 1.10 bits per heavy atom. The first kappa shape index (κ1) is 13.6. The van der Waals surface area contributed by atoms with Gasteiger partial charge in [-0.2, -0.15) is 5.10 Å². The van der Waals surface area contributed by atoms with Crippen molar-refractivity contribution in [2.45, 2.75) is 0 Å². The van der Waals surface area contributed by atoms with Gasteiger partial charge in [-0.15, -0.1) is 0 Å². The third kappa shape index (κ3) is 2.89. The molecule has 0 radical (unpaired) electrons. The number of hydrogen-bond donors (Lipinski definition) is 0. The number of aryl methyl sites for hydroxylation is 1. The number of aromatic nitrogens is 2. The van der Waals surface area contributed by atoms with Gasteiger partial charge in [0.05, 0.1) is 0 Å². The summed E-state index contributed by atoms with van der Waals surface area (Å²) in [5, 5.41) is 4.14. The lowest BCUT2D eigenvalue weighted by molar-refractivity contribution is 0.0740. The molecule has 1 amide bonds. The molecule has 1 fully saturated rings. The fourth-order valence-electron chi connectivity index (χ4n) is 2.51. The van der Waals surface area contributed by atoms with E-state index in [1.165, 1.54) is 12.1 Å². The Kier molecular flexibility index (Phi) is 3.60. The number of amides is 1. The molecule has 2 aromatic rings. The molecule has 110 valence electrons. The van der Waals surface area contributed by atoms with Crippen molar-refractivity contribution in [3.05, 3.63) is 48.0 Å². The first-order valence-corrected chi connectivity index (χ1v) is 6.93. The Labute approximate surface area is 122 Å². The van der Waals surface area contributed by atoms with Gasteiger partial charge in [-0.1, -0.05) is 0 Å². The van der Waals surface area contributed by atoms with Crippen LogP contribution in [0.5, 0.6) is 0 Å². The summed E-state index contributed by atoms with van der Waals surface area (Å²) in [6.07, 6.45) is 1.77. The highest BCUT2D eigenvalue weighted by atomic mass is 19.1. The third-order valence-electron chi connectivity index (χ3n) is 3.69. The topological polar surface area (TPSA) is 41.4 Å². The summed E-state index contributed by atoms with van der Waals surface area (Å²) in [6.45, 7) is 2.77. The Morgan fingerprint density at radius 3 is 2.33 bits per heavy atom. The van der Waals surface area contributed by atoms with Crippen LogP contribution in [-0.2, 0) is 7.05 Å². The monoisotopic (exact) mass is 288 g/mol. The number of piperazine rings is 1. The van der Waals surface area contributed by atoms with E-state index in [1.807, 2.05) is 4.90 Å². The predicted molar refractivity (Wildman–Crippen MR) is 77.7 cm³/mol. The number of hydrogen-bond acceptors (Lipinski definition) is 3. The van der Waals surface area contributed by atoms with E-state index in [2.05, 4.69) is 10.00 Å². The van der Waals surface area contributed by atoms with Crippen molar-refractivity contribution in [2.75, 3.05) is 31.1 Å². The van der Waals surface area contributed by atoms with Gasteiger partial charge in [0.2, 0.25) is 0 Å². The number of rotatable bonds is 2. The van der Waals surface area contributed by atoms with Gasteiger partial charge in [-0.3, -0.25) is 9.48 Å². The first-order valence-electron chi connectivity index (χ1n) is 6.93. The molecule has 1 aliphatic heterocycles. The smallest absolute Gasteiger partial charge is 0.274 e. The van der Waals surface area contributed by atoms with Crippen molar-refractivity contribution < 1.29 is 9.18 Å².